The molecule has 1 aliphatic heterocycles. The largest absolute Gasteiger partial charge is 0.352 e. The summed E-state index contributed by atoms with van der Waals surface area (Å²) in [5.74, 6) is -0.619. The molecule has 5 nitrogen and oxygen atoms in total. The summed E-state index contributed by atoms with van der Waals surface area (Å²) in [7, 11) is 0. The van der Waals surface area contributed by atoms with Crippen molar-refractivity contribution in [3.8, 4) is 0 Å². The van der Waals surface area contributed by atoms with Crippen LogP contribution in [0, 0.1) is 23.7 Å². The minimum absolute atomic E-state index is 0.0117. The fourth-order valence-electron chi connectivity index (χ4n) is 3.63. The summed E-state index contributed by atoms with van der Waals surface area (Å²) in [4.78, 5) is 37.5. The first kappa shape index (κ1) is 12.4. The van der Waals surface area contributed by atoms with Gasteiger partial charge in [-0.25, -0.2) is 0 Å². The van der Waals surface area contributed by atoms with Gasteiger partial charge in [-0.1, -0.05) is 12.2 Å². The molecule has 3 amide bonds. The van der Waals surface area contributed by atoms with Gasteiger partial charge in [-0.15, -0.1) is 0 Å². The van der Waals surface area contributed by atoms with Gasteiger partial charge in [0.05, 0.1) is 11.8 Å². The summed E-state index contributed by atoms with van der Waals surface area (Å²) >= 11 is 0. The van der Waals surface area contributed by atoms with Crippen LogP contribution in [0.15, 0.2) is 12.2 Å². The molecular formula is C14H18N2O3. The third-order valence-corrected chi connectivity index (χ3v) is 4.31. The van der Waals surface area contributed by atoms with Crippen molar-refractivity contribution in [1.82, 2.24) is 10.2 Å². The summed E-state index contributed by atoms with van der Waals surface area (Å²) in [6.45, 7) is 3.57. The Balaban J connectivity index is 1.74. The number of hydrogen-bond donors (Lipinski definition) is 1. The molecule has 5 heteroatoms. The summed E-state index contributed by atoms with van der Waals surface area (Å²) in [6.07, 6.45) is 5.02. The van der Waals surface area contributed by atoms with Crippen molar-refractivity contribution >= 4 is 17.7 Å². The smallest absolute Gasteiger partial charge is 0.240 e. The van der Waals surface area contributed by atoms with Crippen molar-refractivity contribution in [2.75, 3.05) is 6.54 Å². The lowest BCUT2D eigenvalue weighted by atomic mass is 9.85. The van der Waals surface area contributed by atoms with Gasteiger partial charge in [-0.2, -0.15) is 0 Å². The van der Waals surface area contributed by atoms with Gasteiger partial charge < -0.3 is 5.32 Å². The molecule has 2 fully saturated rings. The number of amides is 3. The number of carbonyl (C=O) groups excluding carboxylic acids is 3. The third kappa shape index (κ3) is 1.79. The first-order valence-electron chi connectivity index (χ1n) is 6.82. The number of nitrogens with one attached hydrogen (secondary N) is 1. The van der Waals surface area contributed by atoms with E-state index < -0.39 is 0 Å². The van der Waals surface area contributed by atoms with Crippen LogP contribution in [0.25, 0.3) is 0 Å². The van der Waals surface area contributed by atoms with Gasteiger partial charge in [0.25, 0.3) is 0 Å². The molecule has 1 saturated carbocycles. The van der Waals surface area contributed by atoms with Crippen LogP contribution in [-0.4, -0.2) is 35.2 Å². The molecule has 0 unspecified atom stereocenters. The Labute approximate surface area is 112 Å². The Hall–Kier alpha value is -1.65. The van der Waals surface area contributed by atoms with Gasteiger partial charge in [0.1, 0.15) is 6.54 Å². The Morgan fingerprint density at radius 1 is 1.26 bits per heavy atom. The van der Waals surface area contributed by atoms with Crippen molar-refractivity contribution in [2.45, 2.75) is 26.3 Å². The van der Waals surface area contributed by atoms with Crippen molar-refractivity contribution in [2.24, 2.45) is 23.7 Å². The van der Waals surface area contributed by atoms with Crippen LogP contribution in [0.1, 0.15) is 20.3 Å². The molecule has 0 aromatic heterocycles. The highest BCUT2D eigenvalue weighted by molar-refractivity contribution is 6.08. The van der Waals surface area contributed by atoms with Gasteiger partial charge >= 0.3 is 0 Å². The molecule has 1 heterocycles. The monoisotopic (exact) mass is 262 g/mol. The summed E-state index contributed by atoms with van der Waals surface area (Å²) in [5.41, 5.74) is 0. The molecule has 0 radical (unpaired) electrons. The van der Waals surface area contributed by atoms with E-state index >= 15 is 0 Å². The molecule has 0 aromatic rings. The zero-order valence-corrected chi connectivity index (χ0v) is 11.1. The van der Waals surface area contributed by atoms with E-state index in [0.29, 0.717) is 0 Å². The fraction of sp³-hybridized carbons (Fsp3) is 0.643. The topological polar surface area (TPSA) is 66.5 Å². The summed E-state index contributed by atoms with van der Waals surface area (Å²) in [6, 6.07) is 0.0117. The van der Waals surface area contributed by atoms with E-state index in [-0.39, 0.29) is 54.0 Å². The van der Waals surface area contributed by atoms with Crippen molar-refractivity contribution in [3.05, 3.63) is 12.2 Å². The first-order valence-corrected chi connectivity index (χ1v) is 6.82. The lowest BCUT2D eigenvalue weighted by molar-refractivity contribution is -0.144. The molecule has 102 valence electrons. The Morgan fingerprint density at radius 3 is 2.26 bits per heavy atom. The van der Waals surface area contributed by atoms with Crippen LogP contribution < -0.4 is 5.32 Å². The van der Waals surface area contributed by atoms with Crippen LogP contribution in [0.4, 0.5) is 0 Å². The second-order valence-electron chi connectivity index (χ2n) is 5.98. The number of rotatable bonds is 3. The van der Waals surface area contributed by atoms with E-state index in [1.807, 2.05) is 13.8 Å². The number of nitrogens with zero attached hydrogens (tertiary/aromatic N) is 1. The number of hydrogen-bond acceptors (Lipinski definition) is 3. The van der Waals surface area contributed by atoms with Crippen LogP contribution in [-0.2, 0) is 14.4 Å². The normalized spacial score (nSPS) is 35.4. The fourth-order valence-corrected chi connectivity index (χ4v) is 3.63. The maximum Gasteiger partial charge on any atom is 0.240 e. The Bertz CT molecular complexity index is 453. The zero-order valence-electron chi connectivity index (χ0n) is 11.1. The predicted octanol–water partition coefficient (Wildman–Crippen LogP) is 0.318. The molecule has 3 aliphatic rings. The molecule has 0 aromatic carbocycles. The van der Waals surface area contributed by atoms with Gasteiger partial charge in [0, 0.05) is 6.04 Å². The van der Waals surface area contributed by atoms with Gasteiger partial charge in [0.2, 0.25) is 17.7 Å². The van der Waals surface area contributed by atoms with Crippen LogP contribution >= 0.6 is 0 Å². The average Bonchev–Trinajstić information content (AvgIpc) is 2.97. The average molecular weight is 262 g/mol. The standard InChI is InChI=1S/C14H18N2O3/c1-7(2)15-10(17)6-16-13(18)11-8-3-4-9(5-8)12(11)14(16)19/h3-4,7-9,11-12H,5-6H2,1-2H3,(H,15,17)/t8-,9-,11-,12+/m0/s1. The highest BCUT2D eigenvalue weighted by atomic mass is 16.2. The molecule has 2 bridgehead atoms. The van der Waals surface area contributed by atoms with E-state index in [0.717, 1.165) is 11.3 Å². The van der Waals surface area contributed by atoms with Crippen LogP contribution in [0.5, 0.6) is 0 Å². The SMILES string of the molecule is CC(C)NC(=O)CN1C(=O)[C@@H]2[C@H](C1=O)[C@H]1C=C[C@H]2C1. The molecule has 4 atom stereocenters. The molecule has 0 spiro atoms. The minimum atomic E-state index is -0.267. The molecule has 3 rings (SSSR count). The van der Waals surface area contributed by atoms with Crippen molar-refractivity contribution in [3.63, 3.8) is 0 Å². The number of imide groups is 1. The quantitative estimate of drug-likeness (QED) is 0.588. The number of carbonyl (C=O) groups is 3. The first-order chi connectivity index (χ1) is 8.99. The maximum atomic E-state index is 12.3. The Morgan fingerprint density at radius 2 is 1.79 bits per heavy atom. The predicted molar refractivity (Wildman–Crippen MR) is 67.7 cm³/mol. The van der Waals surface area contributed by atoms with Crippen LogP contribution in [0.2, 0.25) is 0 Å². The number of fused-ring (bicyclic) bond motifs is 5. The van der Waals surface area contributed by atoms with E-state index in [9.17, 15) is 14.4 Å². The minimum Gasteiger partial charge on any atom is -0.352 e. The third-order valence-electron chi connectivity index (χ3n) is 4.31. The number of allylic oxidation sites excluding steroid dienone is 2. The van der Waals surface area contributed by atoms with Crippen LogP contribution in [0.3, 0.4) is 0 Å². The highest BCUT2D eigenvalue weighted by Crippen LogP contribution is 2.52. The number of likely N-dealkylation sites (tertiary alicyclic amines) is 1. The zero-order chi connectivity index (χ0) is 13.7. The van der Waals surface area contributed by atoms with Crippen molar-refractivity contribution < 1.29 is 14.4 Å². The van der Waals surface area contributed by atoms with E-state index in [1.165, 1.54) is 0 Å². The van der Waals surface area contributed by atoms with E-state index in [2.05, 4.69) is 17.5 Å². The maximum absolute atomic E-state index is 12.3. The lowest BCUT2D eigenvalue weighted by Crippen LogP contribution is -2.43. The van der Waals surface area contributed by atoms with E-state index in [1.54, 1.807) is 0 Å². The lowest BCUT2D eigenvalue weighted by Gasteiger charge is -2.17. The summed E-state index contributed by atoms with van der Waals surface area (Å²) in [5, 5.41) is 2.71. The molecular weight excluding hydrogens is 244 g/mol. The summed E-state index contributed by atoms with van der Waals surface area (Å²) < 4.78 is 0. The molecule has 19 heavy (non-hydrogen) atoms. The molecule has 1 saturated heterocycles. The second-order valence-corrected chi connectivity index (χ2v) is 5.98. The second kappa shape index (κ2) is 4.18. The van der Waals surface area contributed by atoms with Gasteiger partial charge in [0.15, 0.2) is 0 Å². The molecule has 1 N–H and O–H groups in total. The highest BCUT2D eigenvalue weighted by Gasteiger charge is 2.59. The Kier molecular flexibility index (Phi) is 2.73. The molecule has 2 aliphatic carbocycles. The van der Waals surface area contributed by atoms with E-state index in [4.69, 9.17) is 0 Å². The van der Waals surface area contributed by atoms with Gasteiger partial charge in [-0.3, -0.25) is 19.3 Å². The van der Waals surface area contributed by atoms with Gasteiger partial charge in [-0.05, 0) is 32.1 Å². The van der Waals surface area contributed by atoms with Crippen molar-refractivity contribution in [1.29, 1.82) is 0 Å².